The molecule has 0 spiro atoms. The van der Waals surface area contributed by atoms with Crippen LogP contribution in [0.4, 0.5) is 5.69 Å². The van der Waals surface area contributed by atoms with Crippen molar-refractivity contribution in [2.75, 3.05) is 5.32 Å². The lowest BCUT2D eigenvalue weighted by Gasteiger charge is -2.16. The lowest BCUT2D eigenvalue weighted by Crippen LogP contribution is -2.08. The highest BCUT2D eigenvalue weighted by Crippen LogP contribution is 2.24. The van der Waals surface area contributed by atoms with Gasteiger partial charge in [0.15, 0.2) is 0 Å². The third kappa shape index (κ3) is 4.00. The van der Waals surface area contributed by atoms with Crippen molar-refractivity contribution in [2.24, 2.45) is 7.05 Å². The average molecular weight is 287 g/mol. The predicted molar refractivity (Wildman–Crippen MR) is 86.8 cm³/mol. The molecule has 1 heterocycles. The van der Waals surface area contributed by atoms with Crippen LogP contribution in [-0.4, -0.2) is 15.9 Å². The van der Waals surface area contributed by atoms with Crippen molar-refractivity contribution >= 4 is 5.69 Å². The molecule has 1 aromatic heterocycles. The molecule has 2 aromatic rings. The Balaban J connectivity index is 2.07. The van der Waals surface area contributed by atoms with E-state index in [-0.39, 0.29) is 12.1 Å². The Morgan fingerprint density at radius 1 is 1.19 bits per heavy atom. The highest BCUT2D eigenvalue weighted by atomic mass is 16.5. The first-order valence-electron chi connectivity index (χ1n) is 7.55. The molecular weight excluding hydrogens is 262 g/mol. The number of anilines is 1. The zero-order valence-corrected chi connectivity index (χ0v) is 13.6. The summed E-state index contributed by atoms with van der Waals surface area (Å²) >= 11 is 0. The first kappa shape index (κ1) is 15.4. The lowest BCUT2D eigenvalue weighted by molar-refractivity contribution is 0.242. The van der Waals surface area contributed by atoms with Crippen LogP contribution in [0.25, 0.3) is 0 Å². The van der Waals surface area contributed by atoms with Crippen LogP contribution >= 0.6 is 0 Å². The Bertz CT molecular complexity index is 572. The van der Waals surface area contributed by atoms with E-state index in [2.05, 4.69) is 36.4 Å². The summed E-state index contributed by atoms with van der Waals surface area (Å²) in [6.45, 7) is 8.35. The van der Waals surface area contributed by atoms with Gasteiger partial charge in [-0.3, -0.25) is 4.68 Å². The molecule has 0 aliphatic rings. The van der Waals surface area contributed by atoms with E-state index in [1.165, 1.54) is 5.56 Å². The molecule has 0 saturated carbocycles. The fraction of sp³-hybridized carbons (Fsp3) is 0.471. The molecule has 21 heavy (non-hydrogen) atoms. The van der Waals surface area contributed by atoms with Crippen LogP contribution in [-0.2, 0) is 13.5 Å². The monoisotopic (exact) mass is 287 g/mol. The van der Waals surface area contributed by atoms with Gasteiger partial charge in [0.25, 0.3) is 0 Å². The second-order valence-corrected chi connectivity index (χ2v) is 5.62. The zero-order chi connectivity index (χ0) is 15.4. The van der Waals surface area contributed by atoms with Crippen LogP contribution in [0.2, 0.25) is 0 Å². The van der Waals surface area contributed by atoms with Crippen LogP contribution in [0.15, 0.2) is 30.5 Å². The highest BCUT2D eigenvalue weighted by Gasteiger charge is 2.11. The zero-order valence-electron chi connectivity index (χ0n) is 13.6. The highest BCUT2D eigenvalue weighted by molar-refractivity contribution is 5.48. The largest absolute Gasteiger partial charge is 0.491 e. The van der Waals surface area contributed by atoms with Gasteiger partial charge in [0, 0.05) is 19.3 Å². The Hall–Kier alpha value is -1.97. The standard InChI is InChI=1S/C17H25N3O/c1-6-16-17(11-20(5)19-16)18-13(4)14-7-9-15(10-8-14)21-12(2)3/h7-13,18H,6H2,1-5H3. The van der Waals surface area contributed by atoms with Crippen molar-refractivity contribution < 1.29 is 4.74 Å². The maximum absolute atomic E-state index is 5.67. The second kappa shape index (κ2) is 6.66. The van der Waals surface area contributed by atoms with Crippen molar-refractivity contribution in [3.8, 4) is 5.75 Å². The fourth-order valence-electron chi connectivity index (χ4n) is 2.34. The summed E-state index contributed by atoms with van der Waals surface area (Å²) in [4.78, 5) is 0. The van der Waals surface area contributed by atoms with E-state index in [1.807, 2.05) is 43.9 Å². The number of ether oxygens (including phenoxy) is 1. The van der Waals surface area contributed by atoms with Crippen molar-refractivity contribution in [1.82, 2.24) is 9.78 Å². The van der Waals surface area contributed by atoms with Crippen LogP contribution < -0.4 is 10.1 Å². The normalized spacial score (nSPS) is 12.5. The molecule has 1 unspecified atom stereocenters. The van der Waals surface area contributed by atoms with E-state index in [0.29, 0.717) is 0 Å². The first-order valence-corrected chi connectivity index (χ1v) is 7.55. The Morgan fingerprint density at radius 3 is 2.43 bits per heavy atom. The minimum absolute atomic E-state index is 0.203. The molecule has 2 rings (SSSR count). The summed E-state index contributed by atoms with van der Waals surface area (Å²) in [7, 11) is 1.95. The van der Waals surface area contributed by atoms with Crippen LogP contribution in [0.1, 0.15) is 45.0 Å². The van der Waals surface area contributed by atoms with Crippen molar-refractivity contribution in [3.05, 3.63) is 41.7 Å². The van der Waals surface area contributed by atoms with Gasteiger partial charge in [-0.1, -0.05) is 19.1 Å². The summed E-state index contributed by atoms with van der Waals surface area (Å²) in [6.07, 6.45) is 3.16. The van der Waals surface area contributed by atoms with E-state index < -0.39 is 0 Å². The number of aryl methyl sites for hydroxylation is 2. The third-order valence-electron chi connectivity index (χ3n) is 3.36. The number of benzene rings is 1. The number of hydrogen-bond donors (Lipinski definition) is 1. The molecule has 0 radical (unpaired) electrons. The van der Waals surface area contributed by atoms with Gasteiger partial charge in [-0.05, 0) is 44.9 Å². The van der Waals surface area contributed by atoms with Gasteiger partial charge in [0.2, 0.25) is 0 Å². The molecule has 1 aromatic carbocycles. The molecule has 114 valence electrons. The SMILES string of the molecule is CCc1nn(C)cc1NC(C)c1ccc(OC(C)C)cc1. The molecule has 0 aliphatic heterocycles. The molecule has 1 atom stereocenters. The summed E-state index contributed by atoms with van der Waals surface area (Å²) in [5.74, 6) is 0.913. The Labute approximate surface area is 127 Å². The van der Waals surface area contributed by atoms with Gasteiger partial charge < -0.3 is 10.1 Å². The number of nitrogens with zero attached hydrogens (tertiary/aromatic N) is 2. The van der Waals surface area contributed by atoms with Crippen LogP contribution in [0, 0.1) is 0 Å². The van der Waals surface area contributed by atoms with Gasteiger partial charge >= 0.3 is 0 Å². The summed E-state index contributed by atoms with van der Waals surface area (Å²) in [5, 5.41) is 7.99. The number of rotatable bonds is 6. The molecular formula is C17H25N3O. The molecule has 0 fully saturated rings. The van der Waals surface area contributed by atoms with E-state index in [1.54, 1.807) is 0 Å². The maximum Gasteiger partial charge on any atom is 0.119 e. The van der Waals surface area contributed by atoms with E-state index in [0.717, 1.165) is 23.6 Å². The fourth-order valence-corrected chi connectivity index (χ4v) is 2.34. The van der Waals surface area contributed by atoms with E-state index >= 15 is 0 Å². The smallest absolute Gasteiger partial charge is 0.119 e. The molecule has 1 N–H and O–H groups in total. The second-order valence-electron chi connectivity index (χ2n) is 5.62. The van der Waals surface area contributed by atoms with Crippen molar-refractivity contribution in [3.63, 3.8) is 0 Å². The quantitative estimate of drug-likeness (QED) is 0.874. The number of nitrogens with one attached hydrogen (secondary N) is 1. The molecule has 0 amide bonds. The van der Waals surface area contributed by atoms with Crippen molar-refractivity contribution in [1.29, 1.82) is 0 Å². The summed E-state index contributed by atoms with van der Waals surface area (Å²) < 4.78 is 7.53. The van der Waals surface area contributed by atoms with Crippen molar-refractivity contribution in [2.45, 2.75) is 46.3 Å². The third-order valence-corrected chi connectivity index (χ3v) is 3.36. The first-order chi connectivity index (χ1) is 9.99. The Kier molecular flexibility index (Phi) is 4.89. The van der Waals surface area contributed by atoms with E-state index in [4.69, 9.17) is 4.74 Å². The van der Waals surface area contributed by atoms with Gasteiger partial charge in [-0.15, -0.1) is 0 Å². The average Bonchev–Trinajstić information content (AvgIpc) is 2.78. The molecule has 0 bridgehead atoms. The minimum Gasteiger partial charge on any atom is -0.491 e. The lowest BCUT2D eigenvalue weighted by atomic mass is 10.1. The molecule has 0 aliphatic carbocycles. The predicted octanol–water partition coefficient (Wildman–Crippen LogP) is 3.94. The van der Waals surface area contributed by atoms with Gasteiger partial charge in [-0.25, -0.2) is 0 Å². The van der Waals surface area contributed by atoms with E-state index in [9.17, 15) is 0 Å². The topological polar surface area (TPSA) is 39.1 Å². The minimum atomic E-state index is 0.203. The van der Waals surface area contributed by atoms with Gasteiger partial charge in [0.1, 0.15) is 5.75 Å². The molecule has 4 heteroatoms. The molecule has 0 saturated heterocycles. The number of hydrogen-bond acceptors (Lipinski definition) is 3. The Morgan fingerprint density at radius 2 is 1.86 bits per heavy atom. The number of aromatic nitrogens is 2. The van der Waals surface area contributed by atoms with Crippen LogP contribution in [0.5, 0.6) is 5.75 Å². The van der Waals surface area contributed by atoms with Gasteiger partial charge in [0.05, 0.1) is 17.5 Å². The van der Waals surface area contributed by atoms with Crippen LogP contribution in [0.3, 0.4) is 0 Å². The maximum atomic E-state index is 5.67. The van der Waals surface area contributed by atoms with Gasteiger partial charge in [-0.2, -0.15) is 5.10 Å². The summed E-state index contributed by atoms with van der Waals surface area (Å²) in [6, 6.07) is 8.50. The molecule has 4 nitrogen and oxygen atoms in total. The summed E-state index contributed by atoms with van der Waals surface area (Å²) in [5.41, 5.74) is 3.44.